The number of hydrazine groups is 2. The van der Waals surface area contributed by atoms with Crippen LogP contribution in [0, 0.1) is 0 Å². The maximum atomic E-state index is 5.68. The van der Waals surface area contributed by atoms with Gasteiger partial charge in [-0.3, -0.25) is 0 Å². The number of benzene rings is 2. The van der Waals surface area contributed by atoms with Crippen molar-refractivity contribution in [2.75, 3.05) is 23.3 Å². The zero-order chi connectivity index (χ0) is 18.4. The normalized spacial score (nSPS) is 10.3. The van der Waals surface area contributed by atoms with Crippen molar-refractivity contribution in [2.24, 2.45) is 11.7 Å². The van der Waals surface area contributed by atoms with Crippen LogP contribution in [0.15, 0.2) is 54.6 Å². The van der Waals surface area contributed by atoms with Crippen LogP contribution in [-0.2, 0) is 6.42 Å². The molecule has 0 radical (unpaired) electrons. The van der Waals surface area contributed by atoms with Gasteiger partial charge in [0.05, 0.1) is 12.8 Å². The minimum absolute atomic E-state index is 0.340. The van der Waals surface area contributed by atoms with E-state index in [1.54, 1.807) is 7.11 Å². The van der Waals surface area contributed by atoms with E-state index in [0.717, 1.165) is 16.8 Å². The Hall–Kier alpha value is -3.36. The molecule has 0 saturated carbocycles. The largest absolute Gasteiger partial charge is 0.495 e. The number of nitrogens with zero attached hydrogens (tertiary/aromatic N) is 2. The van der Waals surface area contributed by atoms with Crippen molar-refractivity contribution < 1.29 is 4.74 Å². The van der Waals surface area contributed by atoms with Crippen LogP contribution in [0.4, 0.5) is 23.3 Å². The number of nitrogens with one attached hydrogen (secondary N) is 3. The van der Waals surface area contributed by atoms with Gasteiger partial charge in [-0.25, -0.2) is 11.7 Å². The molecule has 0 bridgehead atoms. The molecule has 3 rings (SSSR count). The second-order valence-corrected chi connectivity index (χ2v) is 5.50. The van der Waals surface area contributed by atoms with Gasteiger partial charge in [0.25, 0.3) is 0 Å². The molecule has 1 aromatic heterocycles. The number of methoxy groups -OCH3 is 1. The van der Waals surface area contributed by atoms with Gasteiger partial charge in [0.15, 0.2) is 11.6 Å². The van der Waals surface area contributed by atoms with E-state index < -0.39 is 0 Å². The Morgan fingerprint density at radius 1 is 0.885 bits per heavy atom. The number of nitrogen functional groups attached to an aromatic ring is 2. The lowest BCUT2D eigenvalue weighted by Crippen LogP contribution is -2.18. The summed E-state index contributed by atoms with van der Waals surface area (Å²) in [6.45, 7) is 0. The lowest BCUT2D eigenvalue weighted by Gasteiger charge is -2.16. The first-order valence-electron chi connectivity index (χ1n) is 8.03. The number of hydrogen-bond acceptors (Lipinski definition) is 8. The molecule has 7 N–H and O–H groups in total. The molecule has 26 heavy (non-hydrogen) atoms. The Bertz CT molecular complexity index is 845. The molecule has 2 aromatic carbocycles. The lowest BCUT2D eigenvalue weighted by atomic mass is 10.1. The van der Waals surface area contributed by atoms with Gasteiger partial charge in [-0.05, 0) is 17.7 Å². The van der Waals surface area contributed by atoms with Crippen molar-refractivity contribution in [3.05, 3.63) is 65.7 Å². The van der Waals surface area contributed by atoms with Gasteiger partial charge in [0, 0.05) is 12.0 Å². The van der Waals surface area contributed by atoms with Gasteiger partial charge in [-0.2, -0.15) is 9.97 Å². The van der Waals surface area contributed by atoms with Gasteiger partial charge in [-0.15, -0.1) is 0 Å². The smallest absolute Gasteiger partial charge is 0.231 e. The second-order valence-electron chi connectivity index (χ2n) is 5.50. The van der Waals surface area contributed by atoms with Gasteiger partial charge in [0.1, 0.15) is 5.75 Å². The molecule has 0 fully saturated rings. The summed E-state index contributed by atoms with van der Waals surface area (Å²) in [7, 11) is 1.60. The lowest BCUT2D eigenvalue weighted by molar-refractivity contribution is 0.417. The number of para-hydroxylation sites is 2. The van der Waals surface area contributed by atoms with Gasteiger partial charge >= 0.3 is 0 Å². The first kappa shape index (κ1) is 17.5. The predicted octanol–water partition coefficient (Wildman–Crippen LogP) is 2.39. The van der Waals surface area contributed by atoms with E-state index in [2.05, 4.69) is 26.1 Å². The van der Waals surface area contributed by atoms with Crippen molar-refractivity contribution in [1.82, 2.24) is 9.97 Å². The average molecular weight is 351 g/mol. The minimum atomic E-state index is 0.340. The molecule has 0 aliphatic heterocycles. The van der Waals surface area contributed by atoms with E-state index >= 15 is 0 Å². The quantitative estimate of drug-likeness (QED) is 0.325. The summed E-state index contributed by atoms with van der Waals surface area (Å²) in [4.78, 5) is 8.91. The Balaban J connectivity index is 1.96. The molecule has 1 heterocycles. The third-order valence-electron chi connectivity index (χ3n) is 3.86. The van der Waals surface area contributed by atoms with Crippen LogP contribution < -0.4 is 32.6 Å². The van der Waals surface area contributed by atoms with E-state index in [0.29, 0.717) is 29.8 Å². The number of rotatable bonds is 7. The van der Waals surface area contributed by atoms with Crippen molar-refractivity contribution in [3.63, 3.8) is 0 Å². The molecule has 0 aliphatic rings. The van der Waals surface area contributed by atoms with Crippen LogP contribution >= 0.6 is 0 Å². The number of ether oxygens (including phenoxy) is 1. The number of anilines is 4. The fourth-order valence-electron chi connectivity index (χ4n) is 2.61. The summed E-state index contributed by atoms with van der Waals surface area (Å²) in [5, 5.41) is 3.13. The number of aromatic nitrogens is 2. The first-order chi connectivity index (χ1) is 12.7. The Morgan fingerprint density at radius 2 is 1.50 bits per heavy atom. The predicted molar refractivity (Wildman–Crippen MR) is 103 cm³/mol. The van der Waals surface area contributed by atoms with Crippen molar-refractivity contribution in [2.45, 2.75) is 6.42 Å². The van der Waals surface area contributed by atoms with Crippen LogP contribution in [0.2, 0.25) is 0 Å². The Labute approximate surface area is 151 Å². The van der Waals surface area contributed by atoms with E-state index in [4.69, 9.17) is 16.4 Å². The number of nitrogens with two attached hydrogens (primary N) is 2. The summed E-state index contributed by atoms with van der Waals surface area (Å²) in [5.41, 5.74) is 7.85. The van der Waals surface area contributed by atoms with Gasteiger partial charge in [-0.1, -0.05) is 42.5 Å². The highest BCUT2D eigenvalue weighted by Gasteiger charge is 2.15. The maximum Gasteiger partial charge on any atom is 0.231 e. The fraction of sp³-hybridized carbons (Fsp3) is 0.111. The summed E-state index contributed by atoms with van der Waals surface area (Å²) < 4.78 is 5.33. The average Bonchev–Trinajstić information content (AvgIpc) is 2.70. The molecule has 0 saturated heterocycles. The summed E-state index contributed by atoms with van der Waals surface area (Å²) >= 11 is 0. The van der Waals surface area contributed by atoms with Crippen LogP contribution in [0.3, 0.4) is 0 Å². The monoisotopic (exact) mass is 351 g/mol. The van der Waals surface area contributed by atoms with E-state index in [9.17, 15) is 0 Å². The number of hydrogen-bond donors (Lipinski definition) is 5. The first-order valence-corrected chi connectivity index (χ1v) is 8.03. The molecular weight excluding hydrogens is 330 g/mol. The van der Waals surface area contributed by atoms with E-state index in [1.165, 1.54) is 0 Å². The Kier molecular flexibility index (Phi) is 5.47. The van der Waals surface area contributed by atoms with Gasteiger partial charge in [0.2, 0.25) is 5.95 Å². The summed E-state index contributed by atoms with van der Waals surface area (Å²) in [6, 6.07) is 17.4. The highest BCUT2D eigenvalue weighted by molar-refractivity contribution is 5.67. The maximum absolute atomic E-state index is 5.68. The molecule has 0 amide bonds. The molecule has 0 unspecified atom stereocenters. The van der Waals surface area contributed by atoms with Crippen LogP contribution in [0.5, 0.6) is 5.75 Å². The van der Waals surface area contributed by atoms with E-state index in [-0.39, 0.29) is 0 Å². The highest BCUT2D eigenvalue weighted by Crippen LogP contribution is 2.29. The zero-order valence-corrected chi connectivity index (χ0v) is 14.4. The van der Waals surface area contributed by atoms with Crippen LogP contribution in [0.1, 0.15) is 11.1 Å². The van der Waals surface area contributed by atoms with Crippen molar-refractivity contribution in [3.8, 4) is 5.75 Å². The van der Waals surface area contributed by atoms with Crippen LogP contribution in [-0.4, -0.2) is 17.1 Å². The summed E-state index contributed by atoms with van der Waals surface area (Å²) in [6.07, 6.45) is 0.578. The molecule has 134 valence electrons. The molecular formula is C18H21N7O. The standard InChI is InChI=1S/C18H21N7O/c1-26-15-10-6-5-9-14(15)21-18-22-16(24-19)13(17(23-18)25-20)11-12-7-3-2-4-8-12/h2-10H,11,19-20H2,1H3,(H3,21,22,23,24,25). The molecule has 0 spiro atoms. The zero-order valence-electron chi connectivity index (χ0n) is 14.4. The van der Waals surface area contributed by atoms with Crippen LogP contribution in [0.25, 0.3) is 0 Å². The summed E-state index contributed by atoms with van der Waals surface area (Å²) in [5.74, 6) is 13.3. The van der Waals surface area contributed by atoms with E-state index in [1.807, 2.05) is 54.6 Å². The molecule has 0 aliphatic carbocycles. The SMILES string of the molecule is COc1ccccc1Nc1nc(NN)c(Cc2ccccc2)c(NN)n1. The van der Waals surface area contributed by atoms with Crippen molar-refractivity contribution >= 4 is 23.3 Å². The Morgan fingerprint density at radius 3 is 2.12 bits per heavy atom. The molecule has 3 aromatic rings. The highest BCUT2D eigenvalue weighted by atomic mass is 16.5. The third kappa shape index (κ3) is 3.82. The third-order valence-corrected chi connectivity index (χ3v) is 3.86. The van der Waals surface area contributed by atoms with Crippen molar-refractivity contribution in [1.29, 1.82) is 0 Å². The van der Waals surface area contributed by atoms with Gasteiger partial charge < -0.3 is 20.9 Å². The molecule has 0 atom stereocenters. The molecule has 8 heteroatoms. The fourth-order valence-corrected chi connectivity index (χ4v) is 2.61. The topological polar surface area (TPSA) is 123 Å². The minimum Gasteiger partial charge on any atom is -0.495 e. The molecule has 8 nitrogen and oxygen atoms in total. The second kappa shape index (κ2) is 8.15.